The van der Waals surface area contributed by atoms with E-state index in [-0.39, 0.29) is 17.4 Å². The van der Waals surface area contributed by atoms with Crippen molar-refractivity contribution in [3.63, 3.8) is 0 Å². The summed E-state index contributed by atoms with van der Waals surface area (Å²) < 4.78 is 84.0. The van der Waals surface area contributed by atoms with Crippen LogP contribution in [-0.4, -0.2) is 128 Å². The molecule has 0 radical (unpaired) electrons. The SMILES string of the molecule is COP(OC)OC.COP(OC)OC.COP(OC)OC.COP(OC)OC.COP(OC)OC.COP(OC)OC.[Cr]. The van der Waals surface area contributed by atoms with Gasteiger partial charge in [0, 0.05) is 145 Å². The third-order valence-corrected chi connectivity index (χ3v) is 8.05. The van der Waals surface area contributed by atoms with Crippen LogP contribution in [0.4, 0.5) is 0 Å². The minimum Gasteiger partial charge on any atom is -0.316 e. The monoisotopic (exact) mass is 796 g/mol. The van der Waals surface area contributed by atoms with Crippen molar-refractivity contribution in [2.45, 2.75) is 0 Å². The maximum absolute atomic E-state index is 4.67. The Morgan fingerprint density at radius 3 is 0.209 bits per heavy atom. The van der Waals surface area contributed by atoms with Crippen molar-refractivity contribution in [1.29, 1.82) is 0 Å². The fourth-order valence-electron chi connectivity index (χ4n) is 1.34. The van der Waals surface area contributed by atoms with Gasteiger partial charge in [-0.2, -0.15) is 0 Å². The van der Waals surface area contributed by atoms with E-state index in [1.807, 2.05) is 0 Å². The van der Waals surface area contributed by atoms with Gasteiger partial charge in [0.2, 0.25) is 0 Å². The minimum atomic E-state index is -1.05. The standard InChI is InChI=1S/6C3H9O3P.Cr/c6*1-4-7(5-2)6-3;/h6*1-3H3;. The van der Waals surface area contributed by atoms with Gasteiger partial charge in [-0.15, -0.1) is 0 Å². The molecule has 43 heavy (non-hydrogen) atoms. The number of hydrogen-bond donors (Lipinski definition) is 0. The van der Waals surface area contributed by atoms with Crippen molar-refractivity contribution < 1.29 is 98.8 Å². The molecule has 270 valence electrons. The molecule has 0 aromatic rings. The van der Waals surface area contributed by atoms with Crippen LogP contribution in [0.15, 0.2) is 0 Å². The third-order valence-electron chi connectivity index (χ3n) is 2.68. The molecular formula is C18H54CrO18P6. The third kappa shape index (κ3) is 54.1. The summed E-state index contributed by atoms with van der Waals surface area (Å²) in [5, 5.41) is 0. The first-order chi connectivity index (χ1) is 20.1. The van der Waals surface area contributed by atoms with E-state index in [0.29, 0.717) is 0 Å². The first-order valence-electron chi connectivity index (χ1n) is 10.6. The van der Waals surface area contributed by atoms with Crippen LogP contribution in [0.5, 0.6) is 0 Å². The van der Waals surface area contributed by atoms with Crippen LogP contribution in [0, 0.1) is 0 Å². The zero-order valence-corrected chi connectivity index (χ0v) is 35.1. The van der Waals surface area contributed by atoms with Gasteiger partial charge in [0.25, 0.3) is 0 Å². The maximum Gasteiger partial charge on any atom is 0.331 e. The van der Waals surface area contributed by atoms with Crippen LogP contribution in [0.2, 0.25) is 0 Å². The van der Waals surface area contributed by atoms with Gasteiger partial charge in [-0.05, 0) is 0 Å². The van der Waals surface area contributed by atoms with Gasteiger partial charge in [-0.3, -0.25) is 0 Å². The summed E-state index contributed by atoms with van der Waals surface area (Å²) in [6, 6.07) is 0. The smallest absolute Gasteiger partial charge is 0.316 e. The van der Waals surface area contributed by atoms with Crippen molar-refractivity contribution in [1.82, 2.24) is 0 Å². The predicted octanol–water partition coefficient (Wildman–Crippen LogP) is 6.91. The fraction of sp³-hybridized carbons (Fsp3) is 1.00. The molecule has 0 saturated heterocycles. The Bertz CT molecular complexity index is 290. The van der Waals surface area contributed by atoms with Crippen molar-refractivity contribution >= 4 is 51.6 Å². The molecule has 0 unspecified atom stereocenters. The second kappa shape index (κ2) is 56.7. The van der Waals surface area contributed by atoms with Crippen molar-refractivity contribution in [3.8, 4) is 0 Å². The van der Waals surface area contributed by atoms with Gasteiger partial charge < -0.3 is 81.4 Å². The summed E-state index contributed by atoms with van der Waals surface area (Å²) in [6.07, 6.45) is 0. The average molecular weight is 796 g/mol. The summed E-state index contributed by atoms with van der Waals surface area (Å²) in [5.74, 6) is 0. The Labute approximate surface area is 277 Å². The van der Waals surface area contributed by atoms with Crippen LogP contribution in [-0.2, 0) is 98.8 Å². The van der Waals surface area contributed by atoms with E-state index in [4.69, 9.17) is 0 Å². The van der Waals surface area contributed by atoms with Gasteiger partial charge >= 0.3 is 51.6 Å². The Balaban J connectivity index is -0.0000000720. The molecular weight excluding hydrogens is 742 g/mol. The molecule has 0 spiro atoms. The summed E-state index contributed by atoms with van der Waals surface area (Å²) in [7, 11) is 21.4. The molecule has 0 amide bonds. The molecule has 0 N–H and O–H groups in total. The van der Waals surface area contributed by atoms with Gasteiger partial charge in [0.15, 0.2) is 0 Å². The van der Waals surface area contributed by atoms with E-state index in [9.17, 15) is 0 Å². The van der Waals surface area contributed by atoms with Crippen molar-refractivity contribution in [2.75, 3.05) is 128 Å². The summed E-state index contributed by atoms with van der Waals surface area (Å²) in [5.41, 5.74) is 0. The minimum absolute atomic E-state index is 0. The van der Waals surface area contributed by atoms with E-state index in [1.54, 1.807) is 128 Å². The number of rotatable bonds is 18. The summed E-state index contributed by atoms with van der Waals surface area (Å²) >= 11 is 0. The molecule has 0 atom stereocenters. The molecule has 0 saturated carbocycles. The van der Waals surface area contributed by atoms with E-state index in [0.717, 1.165) is 0 Å². The second-order valence-electron chi connectivity index (χ2n) is 4.63. The molecule has 0 rings (SSSR count). The van der Waals surface area contributed by atoms with Gasteiger partial charge in [0.1, 0.15) is 0 Å². The second-order valence-corrected chi connectivity index (χ2v) is 13.9. The molecule has 0 bridgehead atoms. The Hall–Kier alpha value is 2.39. The molecule has 0 aromatic heterocycles. The Kier molecular flexibility index (Phi) is 80.0. The Morgan fingerprint density at radius 2 is 0.209 bits per heavy atom. The number of hydrogen-bond acceptors (Lipinski definition) is 18. The van der Waals surface area contributed by atoms with Crippen LogP contribution < -0.4 is 0 Å². The molecule has 0 aliphatic rings. The predicted molar refractivity (Wildman–Crippen MR) is 168 cm³/mol. The first-order valence-corrected chi connectivity index (χ1v) is 17.2. The zero-order valence-electron chi connectivity index (χ0n) is 28.4. The van der Waals surface area contributed by atoms with Crippen LogP contribution in [0.25, 0.3) is 0 Å². The molecule has 0 aliphatic carbocycles. The molecule has 0 fully saturated rings. The van der Waals surface area contributed by atoms with Crippen molar-refractivity contribution in [2.24, 2.45) is 0 Å². The molecule has 0 aliphatic heterocycles. The molecule has 25 heteroatoms. The van der Waals surface area contributed by atoms with Crippen LogP contribution in [0.1, 0.15) is 0 Å². The van der Waals surface area contributed by atoms with E-state index in [1.165, 1.54) is 0 Å². The zero-order chi connectivity index (χ0) is 34.2. The topological polar surface area (TPSA) is 166 Å². The fourth-order valence-corrected chi connectivity index (χ4v) is 4.02. The maximum atomic E-state index is 4.67. The quantitative estimate of drug-likeness (QED) is 0.131. The van der Waals surface area contributed by atoms with Gasteiger partial charge in [-0.25, -0.2) is 0 Å². The Morgan fingerprint density at radius 1 is 0.163 bits per heavy atom. The largest absolute Gasteiger partial charge is 0.331 e. The molecule has 0 aromatic carbocycles. The van der Waals surface area contributed by atoms with Crippen LogP contribution >= 0.6 is 51.6 Å². The van der Waals surface area contributed by atoms with E-state index < -0.39 is 51.6 Å². The van der Waals surface area contributed by atoms with Gasteiger partial charge in [0.05, 0.1) is 0 Å². The van der Waals surface area contributed by atoms with Crippen molar-refractivity contribution in [3.05, 3.63) is 0 Å². The van der Waals surface area contributed by atoms with E-state index in [2.05, 4.69) is 81.4 Å². The first kappa shape index (κ1) is 60.7. The molecule has 0 heterocycles. The summed E-state index contributed by atoms with van der Waals surface area (Å²) in [4.78, 5) is 0. The van der Waals surface area contributed by atoms with Crippen LogP contribution in [0.3, 0.4) is 0 Å². The summed E-state index contributed by atoms with van der Waals surface area (Å²) in [6.45, 7) is 0. The average Bonchev–Trinajstić information content (AvgIpc) is 3.04. The molecule has 18 nitrogen and oxygen atoms in total. The van der Waals surface area contributed by atoms with E-state index >= 15 is 0 Å². The normalized spacial score (nSPS) is 10.0. The van der Waals surface area contributed by atoms with Gasteiger partial charge in [-0.1, -0.05) is 0 Å².